The number of halogens is 2. The number of benzene rings is 1. The zero-order chi connectivity index (χ0) is 21.4. The van der Waals surface area contributed by atoms with Gasteiger partial charge in [-0.25, -0.2) is 9.89 Å². The van der Waals surface area contributed by atoms with Gasteiger partial charge in [-0.05, 0) is 31.4 Å². The Hall–Kier alpha value is -2.91. The number of nitrogens with one attached hydrogen (secondary N) is 2. The Kier molecular flexibility index (Phi) is 5.48. The molecule has 11 heteroatoms. The summed E-state index contributed by atoms with van der Waals surface area (Å²) in [6, 6.07) is 4.43. The van der Waals surface area contributed by atoms with Crippen molar-refractivity contribution in [3.05, 3.63) is 70.7 Å². The fourth-order valence-electron chi connectivity index (χ4n) is 3.16. The zero-order valence-electron chi connectivity index (χ0n) is 15.9. The van der Waals surface area contributed by atoms with Crippen molar-refractivity contribution in [2.75, 3.05) is 0 Å². The monoisotopic (exact) mass is 449 g/mol. The first-order valence-electron chi connectivity index (χ1n) is 9.28. The van der Waals surface area contributed by atoms with E-state index < -0.39 is 11.2 Å². The molecule has 1 saturated carbocycles. The lowest BCUT2D eigenvalue weighted by Gasteiger charge is -2.24. The van der Waals surface area contributed by atoms with Crippen molar-refractivity contribution in [3.8, 4) is 17.3 Å². The van der Waals surface area contributed by atoms with Gasteiger partial charge in [0.2, 0.25) is 5.88 Å². The highest BCUT2D eigenvalue weighted by Crippen LogP contribution is 2.37. The molecule has 1 aromatic carbocycles. The molecule has 0 aliphatic heterocycles. The summed E-state index contributed by atoms with van der Waals surface area (Å²) < 4.78 is 6.70. The molecule has 2 heterocycles. The van der Waals surface area contributed by atoms with Gasteiger partial charge in [0.25, 0.3) is 11.1 Å². The second kappa shape index (κ2) is 8.08. The lowest BCUT2D eigenvalue weighted by molar-refractivity contribution is 0.313. The highest BCUT2D eigenvalue weighted by Gasteiger charge is 2.20. The summed E-state index contributed by atoms with van der Waals surface area (Å²) in [5.74, 6) is 0.764. The van der Waals surface area contributed by atoms with E-state index in [1.807, 2.05) is 0 Å². The van der Waals surface area contributed by atoms with Gasteiger partial charge in [-0.2, -0.15) is 9.78 Å². The van der Waals surface area contributed by atoms with Gasteiger partial charge in [0.05, 0.1) is 15.7 Å². The van der Waals surface area contributed by atoms with Crippen LogP contribution >= 0.6 is 23.2 Å². The van der Waals surface area contributed by atoms with E-state index >= 15 is 0 Å². The minimum Gasteiger partial charge on any atom is -0.434 e. The van der Waals surface area contributed by atoms with Crippen LogP contribution in [0.1, 0.15) is 30.5 Å². The first-order chi connectivity index (χ1) is 14.3. The molecule has 0 saturated heterocycles. The van der Waals surface area contributed by atoms with Gasteiger partial charge in [-0.3, -0.25) is 14.6 Å². The van der Waals surface area contributed by atoms with Crippen molar-refractivity contribution in [2.45, 2.75) is 32.6 Å². The normalized spacial score (nSPS) is 13.8. The SMILES string of the molecule is Cc1nn(-c2cc(Cl)c(Oc3cc(CC4CCC4)c(=O)[nH]n3)c(Cl)c2)c(=O)[nH]c1=O. The molecule has 0 amide bonds. The lowest BCUT2D eigenvalue weighted by atomic mass is 9.81. The van der Waals surface area contributed by atoms with E-state index in [9.17, 15) is 14.4 Å². The molecule has 30 heavy (non-hydrogen) atoms. The number of hydrogen-bond acceptors (Lipinski definition) is 6. The third-order valence-electron chi connectivity index (χ3n) is 5.02. The van der Waals surface area contributed by atoms with Crippen LogP contribution in [0.25, 0.3) is 5.69 Å². The molecule has 0 unspecified atom stereocenters. The van der Waals surface area contributed by atoms with Crippen LogP contribution in [-0.2, 0) is 6.42 Å². The summed E-state index contributed by atoms with van der Waals surface area (Å²) in [5.41, 5.74) is -0.598. The van der Waals surface area contributed by atoms with E-state index in [0.717, 1.165) is 17.5 Å². The molecule has 156 valence electrons. The van der Waals surface area contributed by atoms with Gasteiger partial charge >= 0.3 is 5.69 Å². The molecular formula is C19H17Cl2N5O4. The number of hydrogen-bond donors (Lipinski definition) is 2. The first kappa shape index (κ1) is 20.4. The van der Waals surface area contributed by atoms with E-state index in [0.29, 0.717) is 17.9 Å². The van der Waals surface area contributed by atoms with Gasteiger partial charge in [0.15, 0.2) is 5.75 Å². The van der Waals surface area contributed by atoms with Crippen molar-refractivity contribution < 1.29 is 4.74 Å². The average molecular weight is 450 g/mol. The molecule has 0 radical (unpaired) electrons. The number of H-pyrrole nitrogens is 2. The second-order valence-electron chi connectivity index (χ2n) is 7.16. The summed E-state index contributed by atoms with van der Waals surface area (Å²) in [7, 11) is 0. The van der Waals surface area contributed by atoms with Crippen LogP contribution in [0.2, 0.25) is 10.0 Å². The van der Waals surface area contributed by atoms with Crippen molar-refractivity contribution in [2.24, 2.45) is 5.92 Å². The fraction of sp³-hybridized carbons (Fsp3) is 0.316. The number of aryl methyl sites for hydroxylation is 1. The topological polar surface area (TPSA) is 123 Å². The molecule has 1 fully saturated rings. The second-order valence-corrected chi connectivity index (χ2v) is 7.97. The van der Waals surface area contributed by atoms with Crippen LogP contribution in [-0.4, -0.2) is 25.0 Å². The maximum absolute atomic E-state index is 12.1. The number of aromatic amines is 2. The van der Waals surface area contributed by atoms with Gasteiger partial charge in [0.1, 0.15) is 5.69 Å². The highest BCUT2D eigenvalue weighted by atomic mass is 35.5. The molecule has 4 rings (SSSR count). The van der Waals surface area contributed by atoms with Crippen LogP contribution in [0, 0.1) is 12.8 Å². The van der Waals surface area contributed by atoms with Gasteiger partial charge < -0.3 is 4.74 Å². The smallest absolute Gasteiger partial charge is 0.349 e. The van der Waals surface area contributed by atoms with Crippen LogP contribution in [0.4, 0.5) is 0 Å². The van der Waals surface area contributed by atoms with Crippen LogP contribution in [0.5, 0.6) is 11.6 Å². The Morgan fingerprint density at radius 2 is 1.83 bits per heavy atom. The zero-order valence-corrected chi connectivity index (χ0v) is 17.4. The number of aromatic nitrogens is 5. The third kappa shape index (κ3) is 4.03. The van der Waals surface area contributed by atoms with Crippen molar-refractivity contribution in [3.63, 3.8) is 0 Å². The quantitative estimate of drug-likeness (QED) is 0.617. The van der Waals surface area contributed by atoms with E-state index in [1.165, 1.54) is 25.5 Å². The first-order valence-corrected chi connectivity index (χ1v) is 10.0. The molecule has 3 aromatic rings. The Labute approximate surface area is 179 Å². The van der Waals surface area contributed by atoms with Crippen molar-refractivity contribution >= 4 is 23.2 Å². The van der Waals surface area contributed by atoms with Crippen LogP contribution in [0.15, 0.2) is 32.6 Å². The van der Waals surface area contributed by atoms with Crippen molar-refractivity contribution in [1.82, 2.24) is 25.0 Å². The molecule has 2 N–H and O–H groups in total. The largest absolute Gasteiger partial charge is 0.434 e. The molecule has 9 nitrogen and oxygen atoms in total. The molecular weight excluding hydrogens is 433 g/mol. The fourth-order valence-corrected chi connectivity index (χ4v) is 3.72. The molecule has 1 aliphatic rings. The molecule has 2 aromatic heterocycles. The van der Waals surface area contributed by atoms with Crippen LogP contribution < -0.4 is 21.5 Å². The summed E-state index contributed by atoms with van der Waals surface area (Å²) in [6.07, 6.45) is 4.06. The van der Waals surface area contributed by atoms with Gasteiger partial charge in [0, 0.05) is 11.6 Å². The van der Waals surface area contributed by atoms with E-state index in [4.69, 9.17) is 27.9 Å². The Balaban J connectivity index is 1.66. The lowest BCUT2D eigenvalue weighted by Crippen LogP contribution is -2.32. The maximum atomic E-state index is 12.1. The van der Waals surface area contributed by atoms with E-state index in [-0.39, 0.29) is 38.6 Å². The Morgan fingerprint density at radius 3 is 2.47 bits per heavy atom. The summed E-state index contributed by atoms with van der Waals surface area (Å²) >= 11 is 12.6. The minimum absolute atomic E-state index is 0.101. The summed E-state index contributed by atoms with van der Waals surface area (Å²) in [4.78, 5) is 37.8. The highest BCUT2D eigenvalue weighted by molar-refractivity contribution is 6.37. The standard InChI is InChI=1S/C19H17Cl2N5O4/c1-9-17(27)22-19(29)26(25-9)12-7-13(20)16(14(21)8-12)30-15-6-11(18(28)24-23-15)5-10-3-2-4-10/h6-8,10H,2-5H2,1H3,(H,24,28)(H,22,27,29). The van der Waals surface area contributed by atoms with Gasteiger partial charge in [-0.1, -0.05) is 42.5 Å². The Morgan fingerprint density at radius 1 is 1.13 bits per heavy atom. The minimum atomic E-state index is -0.727. The number of nitrogens with zero attached hydrogens (tertiary/aromatic N) is 3. The average Bonchev–Trinajstić information content (AvgIpc) is 2.66. The predicted octanol–water partition coefficient (Wildman–Crippen LogP) is 2.75. The van der Waals surface area contributed by atoms with E-state index in [1.54, 1.807) is 6.07 Å². The third-order valence-corrected chi connectivity index (χ3v) is 5.58. The van der Waals surface area contributed by atoms with Crippen molar-refractivity contribution in [1.29, 1.82) is 0 Å². The molecule has 0 spiro atoms. The van der Waals surface area contributed by atoms with E-state index in [2.05, 4.69) is 20.3 Å². The number of rotatable bonds is 5. The summed E-state index contributed by atoms with van der Waals surface area (Å²) in [5, 5.41) is 10.5. The number of ether oxygens (including phenoxy) is 1. The molecule has 0 atom stereocenters. The predicted molar refractivity (Wildman–Crippen MR) is 111 cm³/mol. The molecule has 1 aliphatic carbocycles. The maximum Gasteiger partial charge on any atom is 0.349 e. The molecule has 0 bridgehead atoms. The van der Waals surface area contributed by atoms with Gasteiger partial charge in [-0.15, -0.1) is 5.10 Å². The Bertz CT molecular complexity index is 1270. The summed E-state index contributed by atoms with van der Waals surface area (Å²) in [6.45, 7) is 1.47. The van der Waals surface area contributed by atoms with Crippen LogP contribution in [0.3, 0.4) is 0 Å².